The number of nitrogens with one attached hydrogen (secondary N) is 2. The van der Waals surface area contributed by atoms with Crippen LogP contribution in [0.15, 0.2) is 48.5 Å². The van der Waals surface area contributed by atoms with Crippen LogP contribution in [-0.4, -0.2) is 18.5 Å². The maximum absolute atomic E-state index is 13.6. The van der Waals surface area contributed by atoms with E-state index in [1.54, 1.807) is 0 Å². The lowest BCUT2D eigenvalue weighted by atomic mass is 10.0. The van der Waals surface area contributed by atoms with Gasteiger partial charge in [-0.3, -0.25) is 4.79 Å². The Hall–Kier alpha value is -2.43. The van der Waals surface area contributed by atoms with E-state index in [0.717, 1.165) is 17.8 Å². The van der Waals surface area contributed by atoms with E-state index >= 15 is 0 Å². The highest BCUT2D eigenvalue weighted by molar-refractivity contribution is 5.94. The lowest BCUT2D eigenvalue weighted by Crippen LogP contribution is -2.39. The van der Waals surface area contributed by atoms with Crippen molar-refractivity contribution in [2.24, 2.45) is 5.92 Å². The molecule has 0 spiro atoms. The van der Waals surface area contributed by atoms with Crippen LogP contribution in [0, 0.1) is 17.6 Å². The van der Waals surface area contributed by atoms with Gasteiger partial charge < -0.3 is 10.6 Å². The molecule has 0 heterocycles. The number of hydrogen-bond donors (Lipinski definition) is 2. The summed E-state index contributed by atoms with van der Waals surface area (Å²) in [6, 6.07) is 12.6. The van der Waals surface area contributed by atoms with Crippen LogP contribution < -0.4 is 10.6 Å². The summed E-state index contributed by atoms with van der Waals surface area (Å²) in [6.07, 6.45) is 0. The number of benzene rings is 2. The van der Waals surface area contributed by atoms with Crippen molar-refractivity contribution in [3.63, 3.8) is 0 Å². The van der Waals surface area contributed by atoms with Crippen molar-refractivity contribution in [2.45, 2.75) is 19.9 Å². The highest BCUT2D eigenvalue weighted by Gasteiger charge is 2.17. The van der Waals surface area contributed by atoms with Crippen molar-refractivity contribution in [1.29, 1.82) is 0 Å². The second kappa shape index (κ2) is 7.72. The maximum Gasteiger partial charge on any atom is 0.254 e. The molecule has 3 nitrogen and oxygen atoms in total. The highest BCUT2D eigenvalue weighted by Crippen LogP contribution is 2.13. The molecule has 0 bridgehead atoms. The van der Waals surface area contributed by atoms with Crippen LogP contribution in [0.1, 0.15) is 24.2 Å². The Bertz CT molecular complexity index is 659. The maximum atomic E-state index is 13.6. The zero-order valence-corrected chi connectivity index (χ0v) is 13.1. The minimum atomic E-state index is -0.861. The van der Waals surface area contributed by atoms with E-state index in [4.69, 9.17) is 0 Å². The molecule has 23 heavy (non-hydrogen) atoms. The van der Waals surface area contributed by atoms with Gasteiger partial charge in [0.1, 0.15) is 11.6 Å². The van der Waals surface area contributed by atoms with Gasteiger partial charge in [0.2, 0.25) is 0 Å². The molecule has 0 fully saturated rings. The third-order valence-electron chi connectivity index (χ3n) is 3.59. The Kier molecular flexibility index (Phi) is 5.68. The number of anilines is 1. The fraction of sp³-hybridized carbons (Fsp3) is 0.278. The van der Waals surface area contributed by atoms with E-state index in [0.29, 0.717) is 12.6 Å². The van der Waals surface area contributed by atoms with Gasteiger partial charge in [0.15, 0.2) is 0 Å². The molecule has 1 atom stereocenters. The molecule has 0 aliphatic rings. The van der Waals surface area contributed by atoms with Crippen LogP contribution in [0.5, 0.6) is 0 Å². The minimum absolute atomic E-state index is 0.00939. The van der Waals surface area contributed by atoms with Crippen molar-refractivity contribution in [3.05, 3.63) is 65.7 Å². The van der Waals surface area contributed by atoms with Crippen LogP contribution in [0.4, 0.5) is 14.5 Å². The van der Waals surface area contributed by atoms with Crippen LogP contribution in [0.25, 0.3) is 0 Å². The molecule has 2 aromatic carbocycles. The fourth-order valence-corrected chi connectivity index (χ4v) is 2.17. The summed E-state index contributed by atoms with van der Waals surface area (Å²) in [5.41, 5.74) is 0.794. The van der Waals surface area contributed by atoms with Gasteiger partial charge in [-0.1, -0.05) is 32.0 Å². The first kappa shape index (κ1) is 16.9. The van der Waals surface area contributed by atoms with Crippen molar-refractivity contribution < 1.29 is 13.6 Å². The van der Waals surface area contributed by atoms with Crippen molar-refractivity contribution >= 4 is 11.6 Å². The van der Waals surface area contributed by atoms with Gasteiger partial charge in [-0.05, 0) is 30.2 Å². The van der Waals surface area contributed by atoms with Gasteiger partial charge in [-0.2, -0.15) is 0 Å². The SMILES string of the molecule is CC(C)C(CNC(=O)c1ccc(F)cc1F)Nc1ccccc1. The normalized spacial score (nSPS) is 12.0. The van der Waals surface area contributed by atoms with Crippen LogP contribution in [-0.2, 0) is 0 Å². The molecule has 122 valence electrons. The molecule has 1 unspecified atom stereocenters. The average Bonchev–Trinajstić information content (AvgIpc) is 2.51. The quantitative estimate of drug-likeness (QED) is 0.850. The molecular formula is C18H20F2N2O. The molecular weight excluding hydrogens is 298 g/mol. The molecule has 0 saturated heterocycles. The van der Waals surface area contributed by atoms with E-state index in [9.17, 15) is 13.6 Å². The highest BCUT2D eigenvalue weighted by atomic mass is 19.1. The third-order valence-corrected chi connectivity index (χ3v) is 3.59. The summed E-state index contributed by atoms with van der Waals surface area (Å²) in [7, 11) is 0. The first-order chi connectivity index (χ1) is 11.0. The summed E-state index contributed by atoms with van der Waals surface area (Å²) < 4.78 is 26.5. The van der Waals surface area contributed by atoms with E-state index in [-0.39, 0.29) is 17.5 Å². The van der Waals surface area contributed by atoms with Crippen molar-refractivity contribution in [1.82, 2.24) is 5.32 Å². The number of amides is 1. The second-order valence-electron chi connectivity index (χ2n) is 5.70. The lowest BCUT2D eigenvalue weighted by molar-refractivity contribution is 0.0946. The smallest absolute Gasteiger partial charge is 0.254 e. The summed E-state index contributed by atoms with van der Waals surface area (Å²) in [5, 5.41) is 6.04. The number of carbonyl (C=O) groups excluding carboxylic acids is 1. The minimum Gasteiger partial charge on any atom is -0.380 e. The Morgan fingerprint density at radius 1 is 1.09 bits per heavy atom. The second-order valence-corrected chi connectivity index (χ2v) is 5.70. The standard InChI is InChI=1S/C18H20F2N2O/c1-12(2)17(22-14-6-4-3-5-7-14)11-21-18(23)15-9-8-13(19)10-16(15)20/h3-10,12,17,22H,11H2,1-2H3,(H,21,23). The Balaban J connectivity index is 1.99. The van der Waals surface area contributed by atoms with E-state index < -0.39 is 17.5 Å². The first-order valence-corrected chi connectivity index (χ1v) is 7.52. The van der Waals surface area contributed by atoms with Gasteiger partial charge in [-0.25, -0.2) is 8.78 Å². The molecule has 0 aliphatic carbocycles. The molecule has 5 heteroatoms. The molecule has 2 rings (SSSR count). The zero-order chi connectivity index (χ0) is 16.8. The summed E-state index contributed by atoms with van der Waals surface area (Å²) in [5.74, 6) is -1.86. The van der Waals surface area contributed by atoms with Crippen molar-refractivity contribution in [2.75, 3.05) is 11.9 Å². The summed E-state index contributed by atoms with van der Waals surface area (Å²) in [4.78, 5) is 12.1. The number of carbonyl (C=O) groups is 1. The van der Waals surface area contributed by atoms with Gasteiger partial charge >= 0.3 is 0 Å². The molecule has 0 aromatic heterocycles. The Labute approximate surface area is 134 Å². The third kappa shape index (κ3) is 4.77. The molecule has 0 radical (unpaired) electrons. The van der Waals surface area contributed by atoms with Gasteiger partial charge in [-0.15, -0.1) is 0 Å². The number of hydrogen-bond acceptors (Lipinski definition) is 2. The first-order valence-electron chi connectivity index (χ1n) is 7.52. The lowest BCUT2D eigenvalue weighted by Gasteiger charge is -2.24. The molecule has 2 N–H and O–H groups in total. The number of para-hydroxylation sites is 1. The predicted octanol–water partition coefficient (Wildman–Crippen LogP) is 3.83. The largest absolute Gasteiger partial charge is 0.380 e. The van der Waals surface area contributed by atoms with Gasteiger partial charge in [0.25, 0.3) is 5.91 Å². The Morgan fingerprint density at radius 2 is 1.78 bits per heavy atom. The Morgan fingerprint density at radius 3 is 2.39 bits per heavy atom. The summed E-state index contributed by atoms with van der Waals surface area (Å²) >= 11 is 0. The number of rotatable bonds is 6. The topological polar surface area (TPSA) is 41.1 Å². The van der Waals surface area contributed by atoms with Crippen LogP contribution in [0.2, 0.25) is 0 Å². The predicted molar refractivity (Wildman–Crippen MR) is 87.4 cm³/mol. The fourth-order valence-electron chi connectivity index (χ4n) is 2.17. The average molecular weight is 318 g/mol. The molecule has 0 aliphatic heterocycles. The van der Waals surface area contributed by atoms with Crippen LogP contribution >= 0.6 is 0 Å². The van der Waals surface area contributed by atoms with E-state index in [2.05, 4.69) is 10.6 Å². The summed E-state index contributed by atoms with van der Waals surface area (Å²) in [6.45, 7) is 4.40. The van der Waals surface area contributed by atoms with Gasteiger partial charge in [0.05, 0.1) is 5.56 Å². The van der Waals surface area contributed by atoms with Crippen molar-refractivity contribution in [3.8, 4) is 0 Å². The molecule has 2 aromatic rings. The zero-order valence-electron chi connectivity index (χ0n) is 13.1. The van der Waals surface area contributed by atoms with E-state index in [1.807, 2.05) is 44.2 Å². The molecule has 1 amide bonds. The number of halogens is 2. The monoisotopic (exact) mass is 318 g/mol. The molecule has 0 saturated carbocycles. The van der Waals surface area contributed by atoms with E-state index in [1.165, 1.54) is 0 Å². The van der Waals surface area contributed by atoms with Gasteiger partial charge in [0, 0.05) is 24.3 Å². The van der Waals surface area contributed by atoms with Crippen LogP contribution in [0.3, 0.4) is 0 Å².